The number of carbonyl (C=O) groups excluding carboxylic acids is 1. The third-order valence-corrected chi connectivity index (χ3v) is 4.57. The topological polar surface area (TPSA) is 38.3 Å². The van der Waals surface area contributed by atoms with E-state index in [-0.39, 0.29) is 11.9 Å². The molecule has 0 aromatic heterocycles. The standard InChI is InChI=1S/C21H25NO2/c1-15-7-3-6-10-20(15)24-14-16(2)22-21(23)19-12-11-17-8-4-5-9-18(17)13-19/h3,6-7,10-13,16H,4-5,8-9,14H2,1-2H3,(H,22,23)/t16-/m1/s1. The number of para-hydroxylation sites is 1. The van der Waals surface area contributed by atoms with E-state index in [0.717, 1.165) is 29.7 Å². The van der Waals surface area contributed by atoms with E-state index < -0.39 is 0 Å². The van der Waals surface area contributed by atoms with E-state index in [0.29, 0.717) is 6.61 Å². The maximum atomic E-state index is 12.5. The van der Waals surface area contributed by atoms with Crippen LogP contribution in [0.4, 0.5) is 0 Å². The summed E-state index contributed by atoms with van der Waals surface area (Å²) in [7, 11) is 0. The van der Waals surface area contributed by atoms with Gasteiger partial charge < -0.3 is 10.1 Å². The molecule has 1 atom stereocenters. The van der Waals surface area contributed by atoms with E-state index in [1.165, 1.54) is 24.0 Å². The van der Waals surface area contributed by atoms with Crippen LogP contribution < -0.4 is 10.1 Å². The largest absolute Gasteiger partial charge is 0.491 e. The molecule has 126 valence electrons. The Morgan fingerprint density at radius 3 is 2.67 bits per heavy atom. The maximum Gasteiger partial charge on any atom is 0.251 e. The summed E-state index contributed by atoms with van der Waals surface area (Å²) in [6.45, 7) is 4.45. The molecular weight excluding hydrogens is 298 g/mol. The van der Waals surface area contributed by atoms with Gasteiger partial charge in [-0.05, 0) is 74.4 Å². The Kier molecular flexibility index (Phi) is 5.19. The second kappa shape index (κ2) is 7.52. The predicted molar refractivity (Wildman–Crippen MR) is 96.7 cm³/mol. The van der Waals surface area contributed by atoms with Crippen molar-refractivity contribution in [1.29, 1.82) is 0 Å². The molecule has 0 radical (unpaired) electrons. The van der Waals surface area contributed by atoms with Gasteiger partial charge in [0.2, 0.25) is 0 Å². The van der Waals surface area contributed by atoms with Crippen LogP contribution in [0.25, 0.3) is 0 Å². The zero-order valence-electron chi connectivity index (χ0n) is 14.5. The molecule has 0 saturated heterocycles. The minimum absolute atomic E-state index is 0.0238. The van der Waals surface area contributed by atoms with E-state index in [9.17, 15) is 4.79 Å². The zero-order chi connectivity index (χ0) is 16.9. The van der Waals surface area contributed by atoms with E-state index in [4.69, 9.17) is 4.74 Å². The summed E-state index contributed by atoms with van der Waals surface area (Å²) in [4.78, 5) is 12.5. The molecule has 0 unspecified atom stereocenters. The lowest BCUT2D eigenvalue weighted by Crippen LogP contribution is -2.36. The Hall–Kier alpha value is -2.29. The SMILES string of the molecule is Cc1ccccc1OC[C@@H](C)NC(=O)c1ccc2c(c1)CCCC2. The fraction of sp³-hybridized carbons (Fsp3) is 0.381. The Labute approximate surface area is 144 Å². The summed E-state index contributed by atoms with van der Waals surface area (Å²) < 4.78 is 5.81. The second-order valence-corrected chi connectivity index (χ2v) is 6.64. The normalized spacial score (nSPS) is 14.6. The van der Waals surface area contributed by atoms with Crippen molar-refractivity contribution in [1.82, 2.24) is 5.32 Å². The van der Waals surface area contributed by atoms with Crippen molar-refractivity contribution in [2.75, 3.05) is 6.61 Å². The number of rotatable bonds is 5. The fourth-order valence-corrected chi connectivity index (χ4v) is 3.16. The average molecular weight is 323 g/mol. The van der Waals surface area contributed by atoms with E-state index in [1.54, 1.807) is 0 Å². The molecule has 0 bridgehead atoms. The van der Waals surface area contributed by atoms with Gasteiger partial charge in [0.25, 0.3) is 5.91 Å². The lowest BCUT2D eigenvalue weighted by Gasteiger charge is -2.18. The van der Waals surface area contributed by atoms with Crippen LogP contribution in [0.5, 0.6) is 5.75 Å². The highest BCUT2D eigenvalue weighted by atomic mass is 16.5. The van der Waals surface area contributed by atoms with Crippen molar-refractivity contribution in [3.63, 3.8) is 0 Å². The Morgan fingerprint density at radius 1 is 1.12 bits per heavy atom. The van der Waals surface area contributed by atoms with Gasteiger partial charge in [-0.2, -0.15) is 0 Å². The van der Waals surface area contributed by atoms with Crippen molar-refractivity contribution in [2.24, 2.45) is 0 Å². The van der Waals surface area contributed by atoms with Crippen LogP contribution in [0.3, 0.4) is 0 Å². The van der Waals surface area contributed by atoms with Crippen molar-refractivity contribution in [3.8, 4) is 5.75 Å². The van der Waals surface area contributed by atoms with Gasteiger partial charge in [0, 0.05) is 5.56 Å². The fourth-order valence-electron chi connectivity index (χ4n) is 3.16. The number of amides is 1. The molecule has 0 fully saturated rings. The zero-order valence-corrected chi connectivity index (χ0v) is 14.5. The molecule has 1 N–H and O–H groups in total. The first kappa shape index (κ1) is 16.6. The summed E-state index contributed by atoms with van der Waals surface area (Å²) in [5.74, 6) is 0.844. The van der Waals surface area contributed by atoms with Crippen LogP contribution in [-0.4, -0.2) is 18.6 Å². The lowest BCUT2D eigenvalue weighted by molar-refractivity contribution is 0.0926. The molecule has 2 aromatic rings. The van der Waals surface area contributed by atoms with Gasteiger partial charge in [-0.1, -0.05) is 24.3 Å². The first-order valence-corrected chi connectivity index (χ1v) is 8.74. The number of hydrogen-bond acceptors (Lipinski definition) is 2. The van der Waals surface area contributed by atoms with Crippen molar-refractivity contribution < 1.29 is 9.53 Å². The Morgan fingerprint density at radius 2 is 1.88 bits per heavy atom. The number of fused-ring (bicyclic) bond motifs is 1. The van der Waals surface area contributed by atoms with Gasteiger partial charge in [-0.3, -0.25) is 4.79 Å². The number of nitrogens with one attached hydrogen (secondary N) is 1. The van der Waals surface area contributed by atoms with E-state index >= 15 is 0 Å². The second-order valence-electron chi connectivity index (χ2n) is 6.64. The summed E-state index contributed by atoms with van der Waals surface area (Å²) in [6.07, 6.45) is 4.70. The molecule has 3 heteroatoms. The minimum Gasteiger partial charge on any atom is -0.491 e. The summed E-state index contributed by atoms with van der Waals surface area (Å²) in [6, 6.07) is 14.0. The highest BCUT2D eigenvalue weighted by Crippen LogP contribution is 2.22. The molecular formula is C21H25NO2. The lowest BCUT2D eigenvalue weighted by atomic mass is 9.90. The quantitative estimate of drug-likeness (QED) is 0.901. The summed E-state index contributed by atoms with van der Waals surface area (Å²) in [5.41, 5.74) is 4.58. The molecule has 3 nitrogen and oxygen atoms in total. The van der Waals surface area contributed by atoms with E-state index in [2.05, 4.69) is 17.4 Å². The smallest absolute Gasteiger partial charge is 0.251 e. The van der Waals surface area contributed by atoms with Crippen LogP contribution in [0, 0.1) is 6.92 Å². The van der Waals surface area contributed by atoms with Crippen LogP contribution in [0.15, 0.2) is 42.5 Å². The highest BCUT2D eigenvalue weighted by molar-refractivity contribution is 5.94. The van der Waals surface area contributed by atoms with Crippen molar-refractivity contribution in [3.05, 3.63) is 64.7 Å². The van der Waals surface area contributed by atoms with Crippen LogP contribution in [-0.2, 0) is 12.8 Å². The van der Waals surface area contributed by atoms with Gasteiger partial charge in [0.1, 0.15) is 12.4 Å². The van der Waals surface area contributed by atoms with Gasteiger partial charge >= 0.3 is 0 Å². The molecule has 0 spiro atoms. The first-order valence-electron chi connectivity index (χ1n) is 8.74. The van der Waals surface area contributed by atoms with Gasteiger partial charge in [0.15, 0.2) is 0 Å². The Balaban J connectivity index is 1.57. The first-order chi connectivity index (χ1) is 11.6. The number of aryl methyl sites for hydroxylation is 3. The molecule has 1 aliphatic rings. The monoisotopic (exact) mass is 323 g/mol. The van der Waals surface area contributed by atoms with Gasteiger partial charge in [-0.15, -0.1) is 0 Å². The number of carbonyl (C=O) groups is 1. The van der Waals surface area contributed by atoms with Gasteiger partial charge in [0.05, 0.1) is 6.04 Å². The third-order valence-electron chi connectivity index (χ3n) is 4.57. The highest BCUT2D eigenvalue weighted by Gasteiger charge is 2.14. The number of ether oxygens (including phenoxy) is 1. The molecule has 2 aromatic carbocycles. The van der Waals surface area contributed by atoms with Crippen molar-refractivity contribution in [2.45, 2.75) is 45.6 Å². The maximum absolute atomic E-state index is 12.5. The minimum atomic E-state index is -0.0480. The summed E-state index contributed by atoms with van der Waals surface area (Å²) >= 11 is 0. The van der Waals surface area contributed by atoms with Crippen LogP contribution in [0.1, 0.15) is 46.8 Å². The number of hydrogen-bond donors (Lipinski definition) is 1. The average Bonchev–Trinajstić information content (AvgIpc) is 2.60. The molecule has 0 heterocycles. The molecule has 1 aliphatic carbocycles. The summed E-state index contributed by atoms with van der Waals surface area (Å²) in [5, 5.41) is 3.03. The van der Waals surface area contributed by atoms with Gasteiger partial charge in [-0.25, -0.2) is 0 Å². The predicted octanol–water partition coefficient (Wildman–Crippen LogP) is 4.07. The number of benzene rings is 2. The Bertz CT molecular complexity index is 724. The molecule has 3 rings (SSSR count). The van der Waals surface area contributed by atoms with Crippen LogP contribution in [0.2, 0.25) is 0 Å². The molecule has 0 aliphatic heterocycles. The molecule has 1 amide bonds. The van der Waals surface area contributed by atoms with Crippen molar-refractivity contribution >= 4 is 5.91 Å². The molecule has 24 heavy (non-hydrogen) atoms. The molecule has 0 saturated carbocycles. The van der Waals surface area contributed by atoms with Crippen LogP contribution >= 0.6 is 0 Å². The third kappa shape index (κ3) is 3.97. The van der Waals surface area contributed by atoms with E-state index in [1.807, 2.05) is 44.2 Å².